The summed E-state index contributed by atoms with van der Waals surface area (Å²) in [6.45, 7) is 0. The number of carbonyl (C=O) groups excluding carboxylic acids is 2. The van der Waals surface area contributed by atoms with Crippen molar-refractivity contribution in [2.24, 2.45) is 0 Å². The van der Waals surface area contributed by atoms with Gasteiger partial charge in [-0.15, -0.1) is 0 Å². The Morgan fingerprint density at radius 1 is 1.00 bits per heavy atom. The molecule has 8 heavy (non-hydrogen) atoms. The van der Waals surface area contributed by atoms with Gasteiger partial charge in [-0.2, -0.15) is 0 Å². The summed E-state index contributed by atoms with van der Waals surface area (Å²) in [5.41, 5.74) is 0. The molecule has 0 heterocycles. The van der Waals surface area contributed by atoms with Gasteiger partial charge in [0, 0.05) is 0 Å². The van der Waals surface area contributed by atoms with Crippen LogP contribution in [0.15, 0.2) is 0 Å². The average molecular weight is 165 g/mol. The molecule has 0 aliphatic carbocycles. The van der Waals surface area contributed by atoms with Crippen LogP contribution in [0.3, 0.4) is 0 Å². The van der Waals surface area contributed by atoms with E-state index in [1.807, 2.05) is 0 Å². The molecule has 0 bridgehead atoms. The second kappa shape index (κ2) is 7.98. The van der Waals surface area contributed by atoms with E-state index in [0.29, 0.717) is 0 Å². The van der Waals surface area contributed by atoms with Crippen LogP contribution in [0.25, 0.3) is 0 Å². The van der Waals surface area contributed by atoms with Gasteiger partial charge in [-0.3, -0.25) is 9.59 Å². The Morgan fingerprint density at radius 3 is 1.12 bits per heavy atom. The fraction of sp³-hybridized carbons (Fsp3) is 0. The number of carbonyl (C=O) groups is 2. The van der Waals surface area contributed by atoms with E-state index in [4.69, 9.17) is 0 Å². The van der Waals surface area contributed by atoms with Crippen molar-refractivity contribution in [2.75, 3.05) is 0 Å². The minimum atomic E-state index is -1.14. The number of hydrogen-bond donors (Lipinski definition) is 0. The van der Waals surface area contributed by atoms with Gasteiger partial charge in [-0.25, -0.2) is 0 Å². The van der Waals surface area contributed by atoms with Crippen LogP contribution < -0.4 is 29.6 Å². The molecule has 0 radical (unpaired) electrons. The fourth-order valence-electron chi connectivity index (χ4n) is 0. The third-order valence-corrected chi connectivity index (χ3v) is 0.595. The van der Waals surface area contributed by atoms with Crippen molar-refractivity contribution in [3.05, 3.63) is 0 Å². The van der Waals surface area contributed by atoms with Crippen LogP contribution in [0.2, 0.25) is 0 Å². The summed E-state index contributed by atoms with van der Waals surface area (Å²) in [6, 6.07) is 0. The van der Waals surface area contributed by atoms with Crippen molar-refractivity contribution < 1.29 is 39.1 Å². The molecule has 0 aromatic carbocycles. The smallest absolute Gasteiger partial charge is 0.271 e. The molecule has 0 aliphatic heterocycles. The predicted molar refractivity (Wildman–Crippen MR) is 33.1 cm³/mol. The van der Waals surface area contributed by atoms with Gasteiger partial charge < -0.3 is 0 Å². The molecule has 0 N–H and O–H groups in total. The first-order valence-electron chi connectivity index (χ1n) is 1.04. The van der Waals surface area contributed by atoms with E-state index >= 15 is 0 Å². The van der Waals surface area contributed by atoms with E-state index in [9.17, 15) is 9.59 Å². The van der Waals surface area contributed by atoms with Crippen molar-refractivity contribution in [3.8, 4) is 0 Å². The van der Waals surface area contributed by atoms with Crippen LogP contribution in [-0.4, -0.2) is 18.9 Å². The molecule has 0 fully saturated rings. The van der Waals surface area contributed by atoms with Crippen molar-refractivity contribution >= 4 is 42.1 Å². The molecule has 0 atom stereocenters. The zero-order valence-corrected chi connectivity index (χ0v) is 7.08. The topological polar surface area (TPSA) is 34.1 Å². The maximum Gasteiger partial charge on any atom is 1.00 e. The summed E-state index contributed by atoms with van der Waals surface area (Å²) in [6.07, 6.45) is 0. The SMILES string of the molecule is O=C(Cl)C(=O)Cl.[BH4-].[Na+]. The third-order valence-electron chi connectivity index (χ3n) is 0.155. The molecule has 0 unspecified atom stereocenters. The van der Waals surface area contributed by atoms with Crippen molar-refractivity contribution in [3.63, 3.8) is 0 Å². The summed E-state index contributed by atoms with van der Waals surface area (Å²) < 4.78 is 0. The fourth-order valence-corrected chi connectivity index (χ4v) is 0. The Kier molecular flexibility index (Phi) is 16.0. The molecule has 0 rings (SSSR count). The second-order valence-electron chi connectivity index (χ2n) is 0.547. The molecule has 2 nitrogen and oxygen atoms in total. The Labute approximate surface area is 80.8 Å². The monoisotopic (exact) mass is 164 g/mol. The van der Waals surface area contributed by atoms with Gasteiger partial charge in [0.15, 0.2) is 0 Å². The van der Waals surface area contributed by atoms with Gasteiger partial charge in [-0.05, 0) is 23.2 Å². The van der Waals surface area contributed by atoms with Gasteiger partial charge in [0.25, 0.3) is 0 Å². The minimum absolute atomic E-state index is 0. The van der Waals surface area contributed by atoms with E-state index in [-0.39, 0.29) is 38.0 Å². The number of halogens is 2. The molecule has 42 valence electrons. The average Bonchev–Trinajstić information content (AvgIpc) is 1.36. The molecular formula is C2H4BCl2NaO2. The zero-order valence-electron chi connectivity index (χ0n) is 3.57. The first-order valence-corrected chi connectivity index (χ1v) is 1.79. The summed E-state index contributed by atoms with van der Waals surface area (Å²) >= 11 is 8.98. The molecule has 0 aliphatic rings. The molecular weight excluding hydrogens is 161 g/mol. The molecule has 0 aromatic heterocycles. The van der Waals surface area contributed by atoms with Crippen LogP contribution in [0.4, 0.5) is 0 Å². The summed E-state index contributed by atoms with van der Waals surface area (Å²) in [4.78, 5) is 18.9. The van der Waals surface area contributed by atoms with Crippen LogP contribution >= 0.6 is 23.2 Å². The van der Waals surface area contributed by atoms with E-state index in [1.54, 1.807) is 0 Å². The summed E-state index contributed by atoms with van der Waals surface area (Å²) in [5.74, 6) is 0. The predicted octanol–water partition coefficient (Wildman–Crippen LogP) is -3.93. The quantitative estimate of drug-likeness (QED) is 0.226. The third kappa shape index (κ3) is 10.1. The Hall–Kier alpha value is 0.985. The molecule has 0 saturated carbocycles. The van der Waals surface area contributed by atoms with Crippen LogP contribution in [0.5, 0.6) is 0 Å². The molecule has 6 heteroatoms. The van der Waals surface area contributed by atoms with E-state index in [0.717, 1.165) is 0 Å². The van der Waals surface area contributed by atoms with E-state index in [1.165, 1.54) is 0 Å². The zero-order chi connectivity index (χ0) is 5.15. The van der Waals surface area contributed by atoms with Crippen LogP contribution in [0.1, 0.15) is 0 Å². The molecule has 0 amide bonds. The van der Waals surface area contributed by atoms with Gasteiger partial charge in [0.2, 0.25) is 0 Å². The maximum atomic E-state index is 9.43. The van der Waals surface area contributed by atoms with Crippen LogP contribution in [0, 0.1) is 0 Å². The first kappa shape index (κ1) is 16.0. The van der Waals surface area contributed by atoms with E-state index in [2.05, 4.69) is 23.2 Å². The summed E-state index contributed by atoms with van der Waals surface area (Å²) in [5, 5.41) is -2.28. The number of rotatable bonds is 1. The second-order valence-corrected chi connectivity index (χ2v) is 1.23. The van der Waals surface area contributed by atoms with Gasteiger partial charge in [0.05, 0.1) is 0 Å². The van der Waals surface area contributed by atoms with Crippen molar-refractivity contribution in [2.45, 2.75) is 0 Å². The van der Waals surface area contributed by atoms with Crippen LogP contribution in [-0.2, 0) is 9.59 Å². The van der Waals surface area contributed by atoms with E-state index < -0.39 is 10.5 Å². The van der Waals surface area contributed by atoms with Crippen molar-refractivity contribution in [1.29, 1.82) is 0 Å². The van der Waals surface area contributed by atoms with Crippen molar-refractivity contribution in [1.82, 2.24) is 0 Å². The first-order chi connectivity index (χ1) is 2.64. The Morgan fingerprint density at radius 2 is 1.12 bits per heavy atom. The van der Waals surface area contributed by atoms with Gasteiger partial charge in [-0.1, -0.05) is 8.41 Å². The summed E-state index contributed by atoms with van der Waals surface area (Å²) in [7, 11) is 0. The minimum Gasteiger partial charge on any atom is -0.271 e. The standard InChI is InChI=1S/C2Cl2O2.BH4.Na/c3-1(5)2(4)6;;/h;1H4;/q;-1;+1. The number of hydrogen-bond acceptors (Lipinski definition) is 2. The largest absolute Gasteiger partial charge is 1.00 e. The van der Waals surface area contributed by atoms with Gasteiger partial charge in [0.1, 0.15) is 0 Å². The Balaban J connectivity index is -0.000000125. The molecule has 0 spiro atoms. The Bertz CT molecular complexity index is 84.0. The molecule has 0 saturated heterocycles. The normalized spacial score (nSPS) is 5.75. The van der Waals surface area contributed by atoms with Gasteiger partial charge >= 0.3 is 40.0 Å². The molecule has 0 aromatic rings. The maximum absolute atomic E-state index is 9.43.